The normalized spacial score (nSPS) is 28.4. The van der Waals surface area contributed by atoms with E-state index in [0.29, 0.717) is 12.8 Å². The zero-order valence-corrected chi connectivity index (χ0v) is 10.8. The van der Waals surface area contributed by atoms with Crippen molar-refractivity contribution in [1.82, 2.24) is 9.71 Å². The highest BCUT2D eigenvalue weighted by Gasteiger charge is 2.37. The van der Waals surface area contributed by atoms with Crippen molar-refractivity contribution in [2.75, 3.05) is 7.11 Å². The van der Waals surface area contributed by atoms with E-state index in [-0.39, 0.29) is 11.0 Å². The summed E-state index contributed by atoms with van der Waals surface area (Å²) in [7, 11) is -2.13. The second-order valence-electron chi connectivity index (χ2n) is 4.26. The van der Waals surface area contributed by atoms with Crippen molar-refractivity contribution in [2.24, 2.45) is 0 Å². The van der Waals surface area contributed by atoms with E-state index in [1.807, 2.05) is 0 Å². The Hall–Kier alpha value is -1.02. The topological polar surface area (TPSA) is 88.5 Å². The Balaban J connectivity index is 2.11. The smallest absolute Gasteiger partial charge is 0.242 e. The fraction of sp³-hybridized carbons (Fsp3) is 0.545. The van der Waals surface area contributed by atoms with Crippen LogP contribution in [-0.2, 0) is 14.8 Å². The Kier molecular flexibility index (Phi) is 3.96. The molecule has 6 nitrogen and oxygen atoms in total. The molecule has 2 rings (SSSR count). The molecule has 100 valence electrons. The summed E-state index contributed by atoms with van der Waals surface area (Å²) in [5.41, 5.74) is 0. The van der Waals surface area contributed by atoms with Gasteiger partial charge in [-0.25, -0.2) is 13.1 Å². The summed E-state index contributed by atoms with van der Waals surface area (Å²) in [6.45, 7) is 0. The van der Waals surface area contributed by atoms with Gasteiger partial charge < -0.3 is 9.84 Å². The van der Waals surface area contributed by atoms with E-state index < -0.39 is 22.2 Å². The van der Waals surface area contributed by atoms with E-state index in [2.05, 4.69) is 9.71 Å². The maximum atomic E-state index is 12.0. The summed E-state index contributed by atoms with van der Waals surface area (Å²) >= 11 is 0. The average molecular weight is 272 g/mol. The third-order valence-electron chi connectivity index (χ3n) is 3.11. The predicted molar refractivity (Wildman–Crippen MR) is 64.4 cm³/mol. The second-order valence-corrected chi connectivity index (χ2v) is 5.97. The summed E-state index contributed by atoms with van der Waals surface area (Å²) in [6.07, 6.45) is 2.84. The number of methoxy groups -OCH3 is 1. The average Bonchev–Trinajstić information content (AvgIpc) is 2.71. The van der Waals surface area contributed by atoms with Crippen LogP contribution in [0.4, 0.5) is 0 Å². The van der Waals surface area contributed by atoms with E-state index in [4.69, 9.17) is 4.74 Å². The predicted octanol–water partition coefficient (Wildman–Crippen LogP) is -0.102. The first kappa shape index (κ1) is 13.4. The van der Waals surface area contributed by atoms with Gasteiger partial charge in [-0.3, -0.25) is 4.98 Å². The van der Waals surface area contributed by atoms with Crippen molar-refractivity contribution in [3.8, 4) is 0 Å². The van der Waals surface area contributed by atoms with Crippen LogP contribution in [0.1, 0.15) is 12.8 Å². The highest BCUT2D eigenvalue weighted by Crippen LogP contribution is 2.23. The number of nitrogens with one attached hydrogen (secondary N) is 1. The van der Waals surface area contributed by atoms with Gasteiger partial charge in [0.25, 0.3) is 0 Å². The molecule has 1 aromatic rings. The van der Waals surface area contributed by atoms with Gasteiger partial charge in [-0.05, 0) is 25.0 Å². The van der Waals surface area contributed by atoms with E-state index in [9.17, 15) is 13.5 Å². The lowest BCUT2D eigenvalue weighted by Crippen LogP contribution is -2.43. The largest absolute Gasteiger partial charge is 0.389 e. The molecule has 0 aliphatic heterocycles. The lowest BCUT2D eigenvalue weighted by atomic mass is 10.2. The number of aliphatic hydroxyl groups is 1. The van der Waals surface area contributed by atoms with Gasteiger partial charge in [0.05, 0.1) is 18.2 Å². The number of rotatable bonds is 4. The maximum absolute atomic E-state index is 12.0. The minimum Gasteiger partial charge on any atom is -0.389 e. The van der Waals surface area contributed by atoms with Crippen LogP contribution in [0, 0.1) is 0 Å². The van der Waals surface area contributed by atoms with Crippen LogP contribution < -0.4 is 4.72 Å². The standard InChI is InChI=1S/C11H16N2O4S/c1-17-10-5-4-9(11(10)14)13-18(15,16)8-3-2-6-12-7-8/h2-3,6-7,9-11,13-14H,4-5H2,1H3/t9-,10-,11-/m1/s1. The fourth-order valence-corrected chi connectivity index (χ4v) is 3.35. The molecule has 1 fully saturated rings. The van der Waals surface area contributed by atoms with Crippen LogP contribution >= 0.6 is 0 Å². The van der Waals surface area contributed by atoms with Crippen molar-refractivity contribution in [3.05, 3.63) is 24.5 Å². The van der Waals surface area contributed by atoms with Gasteiger partial charge in [-0.15, -0.1) is 0 Å². The third kappa shape index (κ3) is 2.69. The lowest BCUT2D eigenvalue weighted by Gasteiger charge is -2.19. The van der Waals surface area contributed by atoms with Crippen LogP contribution in [-0.4, -0.2) is 43.9 Å². The number of nitrogens with zero attached hydrogens (tertiary/aromatic N) is 1. The highest BCUT2D eigenvalue weighted by atomic mass is 32.2. The van der Waals surface area contributed by atoms with Crippen LogP contribution in [0.3, 0.4) is 0 Å². The SMILES string of the molecule is CO[C@@H]1CC[C@@H](NS(=O)(=O)c2cccnc2)[C@H]1O. The van der Waals surface area contributed by atoms with E-state index in [1.165, 1.54) is 25.6 Å². The lowest BCUT2D eigenvalue weighted by molar-refractivity contribution is 0.00246. The molecule has 1 aliphatic carbocycles. The molecule has 18 heavy (non-hydrogen) atoms. The van der Waals surface area contributed by atoms with Gasteiger partial charge in [-0.1, -0.05) is 0 Å². The zero-order valence-electron chi connectivity index (χ0n) is 9.98. The molecule has 0 spiro atoms. The number of aromatic nitrogens is 1. The first-order valence-corrected chi connectivity index (χ1v) is 7.16. The van der Waals surface area contributed by atoms with Gasteiger partial charge >= 0.3 is 0 Å². The second kappa shape index (κ2) is 5.31. The Morgan fingerprint density at radius 2 is 2.28 bits per heavy atom. The molecule has 0 saturated heterocycles. The molecule has 3 atom stereocenters. The molecule has 0 bridgehead atoms. The maximum Gasteiger partial charge on any atom is 0.242 e. The Labute approximate surface area is 106 Å². The zero-order chi connectivity index (χ0) is 13.2. The molecule has 0 radical (unpaired) electrons. The van der Waals surface area contributed by atoms with Crippen molar-refractivity contribution < 1.29 is 18.3 Å². The third-order valence-corrected chi connectivity index (χ3v) is 4.58. The molecule has 0 amide bonds. The molecule has 2 N–H and O–H groups in total. The van der Waals surface area contributed by atoms with Crippen LogP contribution in [0.5, 0.6) is 0 Å². The van der Waals surface area contributed by atoms with Crippen LogP contribution in [0.2, 0.25) is 0 Å². The molecule has 0 unspecified atom stereocenters. The molecule has 1 heterocycles. The summed E-state index contributed by atoms with van der Waals surface area (Å²) in [5.74, 6) is 0. The molecular formula is C11H16N2O4S. The number of aliphatic hydroxyl groups excluding tert-OH is 1. The fourth-order valence-electron chi connectivity index (χ4n) is 2.10. The molecule has 0 aromatic carbocycles. The number of hydrogen-bond acceptors (Lipinski definition) is 5. The van der Waals surface area contributed by atoms with Crippen molar-refractivity contribution >= 4 is 10.0 Å². The van der Waals surface area contributed by atoms with Crippen LogP contribution in [0.15, 0.2) is 29.4 Å². The first-order chi connectivity index (χ1) is 8.54. The highest BCUT2D eigenvalue weighted by molar-refractivity contribution is 7.89. The Morgan fingerprint density at radius 1 is 1.50 bits per heavy atom. The molecule has 1 aromatic heterocycles. The quantitative estimate of drug-likeness (QED) is 0.799. The van der Waals surface area contributed by atoms with Gasteiger partial charge in [0.15, 0.2) is 0 Å². The first-order valence-electron chi connectivity index (χ1n) is 5.68. The summed E-state index contributed by atoms with van der Waals surface area (Å²) in [6, 6.07) is 2.50. The van der Waals surface area contributed by atoms with E-state index in [1.54, 1.807) is 6.07 Å². The van der Waals surface area contributed by atoms with Crippen molar-refractivity contribution in [3.63, 3.8) is 0 Å². The van der Waals surface area contributed by atoms with E-state index in [0.717, 1.165) is 0 Å². The number of sulfonamides is 1. The Morgan fingerprint density at radius 3 is 2.83 bits per heavy atom. The van der Waals surface area contributed by atoms with Gasteiger partial charge in [-0.2, -0.15) is 0 Å². The minimum absolute atomic E-state index is 0.0954. The van der Waals surface area contributed by atoms with Crippen molar-refractivity contribution in [2.45, 2.75) is 36.0 Å². The molecular weight excluding hydrogens is 256 g/mol. The number of pyridine rings is 1. The summed E-state index contributed by atoms with van der Waals surface area (Å²) in [4.78, 5) is 3.86. The minimum atomic E-state index is -3.64. The Bertz CT molecular complexity index is 491. The van der Waals surface area contributed by atoms with Gasteiger partial charge in [0.2, 0.25) is 10.0 Å². The van der Waals surface area contributed by atoms with Gasteiger partial charge in [0.1, 0.15) is 4.90 Å². The monoisotopic (exact) mass is 272 g/mol. The number of hydrogen-bond donors (Lipinski definition) is 2. The molecule has 7 heteroatoms. The number of ether oxygens (including phenoxy) is 1. The van der Waals surface area contributed by atoms with Gasteiger partial charge in [0, 0.05) is 19.5 Å². The summed E-state index contributed by atoms with van der Waals surface area (Å²) in [5, 5.41) is 9.89. The van der Waals surface area contributed by atoms with Crippen molar-refractivity contribution in [1.29, 1.82) is 0 Å². The van der Waals surface area contributed by atoms with Crippen LogP contribution in [0.25, 0.3) is 0 Å². The molecule has 1 aliphatic rings. The molecule has 1 saturated carbocycles. The summed E-state index contributed by atoms with van der Waals surface area (Å²) < 4.78 is 31.6. The van der Waals surface area contributed by atoms with E-state index >= 15 is 0 Å².